The molecule has 1 aromatic carbocycles. The van der Waals surface area contributed by atoms with Gasteiger partial charge in [-0.05, 0) is 30.3 Å². The fraction of sp³-hybridized carbons (Fsp3) is 0.143. The molecule has 1 aliphatic heterocycles. The van der Waals surface area contributed by atoms with E-state index < -0.39 is 11.7 Å². The van der Waals surface area contributed by atoms with E-state index in [1.807, 2.05) is 12.1 Å². The molecule has 2 amide bonds. The molecule has 152 valence electrons. The molecule has 9 heteroatoms. The van der Waals surface area contributed by atoms with Gasteiger partial charge in [0.25, 0.3) is 5.91 Å². The van der Waals surface area contributed by atoms with Gasteiger partial charge in [-0.2, -0.15) is 0 Å². The van der Waals surface area contributed by atoms with E-state index in [2.05, 4.69) is 20.6 Å². The van der Waals surface area contributed by atoms with Gasteiger partial charge in [-0.15, -0.1) is 0 Å². The highest BCUT2D eigenvalue weighted by Crippen LogP contribution is 2.29. The summed E-state index contributed by atoms with van der Waals surface area (Å²) in [6.45, 7) is 0.284. The van der Waals surface area contributed by atoms with Gasteiger partial charge < -0.3 is 15.5 Å². The number of fused-ring (bicyclic) bond motifs is 1. The van der Waals surface area contributed by atoms with E-state index >= 15 is 0 Å². The molecule has 0 bridgehead atoms. The third-order valence-corrected chi connectivity index (χ3v) is 5.02. The normalized spacial score (nSPS) is 12.9. The highest BCUT2D eigenvalue weighted by Gasteiger charge is 2.26. The lowest BCUT2D eigenvalue weighted by Gasteiger charge is -2.29. The Bertz CT molecular complexity index is 1090. The first-order chi connectivity index (χ1) is 14.5. The van der Waals surface area contributed by atoms with Crippen LogP contribution in [-0.2, 0) is 17.9 Å². The van der Waals surface area contributed by atoms with Crippen molar-refractivity contribution in [1.29, 1.82) is 0 Å². The van der Waals surface area contributed by atoms with Gasteiger partial charge in [0.15, 0.2) is 5.82 Å². The summed E-state index contributed by atoms with van der Waals surface area (Å²) >= 11 is 6.00. The number of amides is 2. The van der Waals surface area contributed by atoms with Gasteiger partial charge in [0.1, 0.15) is 5.82 Å². The summed E-state index contributed by atoms with van der Waals surface area (Å²) in [6.07, 6.45) is 3.05. The molecule has 0 saturated heterocycles. The zero-order valence-corrected chi connectivity index (χ0v) is 16.5. The molecule has 3 aromatic rings. The number of hydrogen-bond acceptors (Lipinski definition) is 5. The first kappa shape index (κ1) is 19.8. The third kappa shape index (κ3) is 4.08. The molecule has 0 radical (unpaired) electrons. The minimum absolute atomic E-state index is 0.0732. The first-order valence-electron chi connectivity index (χ1n) is 9.18. The minimum atomic E-state index is -0.498. The number of halogens is 2. The fourth-order valence-corrected chi connectivity index (χ4v) is 3.34. The van der Waals surface area contributed by atoms with Gasteiger partial charge in [0.2, 0.25) is 5.91 Å². The molecule has 1 aliphatic rings. The van der Waals surface area contributed by atoms with Gasteiger partial charge in [-0.1, -0.05) is 23.7 Å². The van der Waals surface area contributed by atoms with Gasteiger partial charge >= 0.3 is 0 Å². The van der Waals surface area contributed by atoms with Crippen LogP contribution >= 0.6 is 11.6 Å². The minimum Gasteiger partial charge on any atom is -0.359 e. The predicted octanol–water partition coefficient (Wildman–Crippen LogP) is 3.16. The van der Waals surface area contributed by atoms with E-state index in [1.54, 1.807) is 24.4 Å². The summed E-state index contributed by atoms with van der Waals surface area (Å²) in [5.41, 5.74) is 1.63. The molecule has 3 heterocycles. The maximum absolute atomic E-state index is 13.9. The SMILES string of the molecule is O=C(NCc1c(F)cccc1Cl)c1cnc2c(c1)N(Cc1ccccn1)C(=O)CN2. The van der Waals surface area contributed by atoms with Crippen LogP contribution in [0.3, 0.4) is 0 Å². The van der Waals surface area contributed by atoms with Crippen molar-refractivity contribution in [2.45, 2.75) is 13.1 Å². The number of nitrogens with one attached hydrogen (secondary N) is 2. The van der Waals surface area contributed by atoms with E-state index in [1.165, 1.54) is 23.2 Å². The zero-order chi connectivity index (χ0) is 21.1. The second-order valence-electron chi connectivity index (χ2n) is 6.63. The lowest BCUT2D eigenvalue weighted by molar-refractivity contribution is -0.117. The number of pyridine rings is 2. The Balaban J connectivity index is 1.56. The summed E-state index contributed by atoms with van der Waals surface area (Å²) in [5.74, 6) is -0.618. The number of nitrogens with zero attached hydrogens (tertiary/aromatic N) is 3. The third-order valence-electron chi connectivity index (χ3n) is 4.66. The van der Waals surface area contributed by atoms with Crippen molar-refractivity contribution in [1.82, 2.24) is 15.3 Å². The summed E-state index contributed by atoms with van der Waals surface area (Å²) in [6, 6.07) is 11.4. The summed E-state index contributed by atoms with van der Waals surface area (Å²) in [5, 5.41) is 5.82. The summed E-state index contributed by atoms with van der Waals surface area (Å²) in [7, 11) is 0. The first-order valence-corrected chi connectivity index (χ1v) is 9.56. The quantitative estimate of drug-likeness (QED) is 0.655. The van der Waals surface area contributed by atoms with Crippen molar-refractivity contribution < 1.29 is 14.0 Å². The van der Waals surface area contributed by atoms with Crippen molar-refractivity contribution >= 4 is 34.9 Å². The Kier molecular flexibility index (Phi) is 5.58. The average Bonchev–Trinajstić information content (AvgIpc) is 2.75. The molecular formula is C21H17ClFN5O2. The van der Waals surface area contributed by atoms with E-state index in [0.29, 0.717) is 17.2 Å². The second-order valence-corrected chi connectivity index (χ2v) is 7.04. The Morgan fingerprint density at radius 3 is 2.87 bits per heavy atom. The van der Waals surface area contributed by atoms with Gasteiger partial charge in [0.05, 0.1) is 30.0 Å². The van der Waals surface area contributed by atoms with Crippen LogP contribution in [0.15, 0.2) is 54.9 Å². The Morgan fingerprint density at radius 1 is 1.23 bits per heavy atom. The highest BCUT2D eigenvalue weighted by molar-refractivity contribution is 6.31. The monoisotopic (exact) mass is 425 g/mol. The molecular weight excluding hydrogens is 409 g/mol. The lowest BCUT2D eigenvalue weighted by atomic mass is 10.1. The van der Waals surface area contributed by atoms with Crippen LogP contribution in [0.1, 0.15) is 21.6 Å². The largest absolute Gasteiger partial charge is 0.359 e. The number of aromatic nitrogens is 2. The number of carbonyl (C=O) groups excluding carboxylic acids is 2. The molecule has 0 unspecified atom stereocenters. The maximum Gasteiger partial charge on any atom is 0.253 e. The average molecular weight is 426 g/mol. The Hall–Kier alpha value is -3.52. The molecule has 2 N–H and O–H groups in total. The fourth-order valence-electron chi connectivity index (χ4n) is 3.11. The van der Waals surface area contributed by atoms with E-state index in [-0.39, 0.29) is 41.7 Å². The van der Waals surface area contributed by atoms with Crippen molar-refractivity contribution in [3.05, 3.63) is 82.5 Å². The van der Waals surface area contributed by atoms with Gasteiger partial charge in [-0.3, -0.25) is 14.6 Å². The molecule has 0 spiro atoms. The zero-order valence-electron chi connectivity index (χ0n) is 15.7. The number of rotatable bonds is 5. The Labute approximate surface area is 176 Å². The van der Waals surface area contributed by atoms with Crippen molar-refractivity contribution in [3.63, 3.8) is 0 Å². The van der Waals surface area contributed by atoms with Gasteiger partial charge in [0, 0.05) is 29.5 Å². The molecule has 4 rings (SSSR count). The predicted molar refractivity (Wildman–Crippen MR) is 111 cm³/mol. The topological polar surface area (TPSA) is 87.2 Å². The van der Waals surface area contributed by atoms with Crippen LogP contribution < -0.4 is 15.5 Å². The van der Waals surface area contributed by atoms with Crippen LogP contribution in [-0.4, -0.2) is 28.3 Å². The van der Waals surface area contributed by atoms with Crippen LogP contribution in [0.5, 0.6) is 0 Å². The Morgan fingerprint density at radius 2 is 2.10 bits per heavy atom. The number of anilines is 2. The van der Waals surface area contributed by atoms with Crippen LogP contribution in [0, 0.1) is 5.82 Å². The van der Waals surface area contributed by atoms with E-state index in [0.717, 1.165) is 0 Å². The summed E-state index contributed by atoms with van der Waals surface area (Å²) < 4.78 is 13.9. The highest BCUT2D eigenvalue weighted by atomic mass is 35.5. The molecule has 0 atom stereocenters. The second kappa shape index (κ2) is 8.46. The van der Waals surface area contributed by atoms with Gasteiger partial charge in [-0.25, -0.2) is 9.37 Å². The maximum atomic E-state index is 13.9. The summed E-state index contributed by atoms with van der Waals surface area (Å²) in [4.78, 5) is 35.2. The van der Waals surface area contributed by atoms with E-state index in [4.69, 9.17) is 11.6 Å². The smallest absolute Gasteiger partial charge is 0.253 e. The van der Waals surface area contributed by atoms with Crippen molar-refractivity contribution in [3.8, 4) is 0 Å². The molecule has 2 aromatic heterocycles. The number of carbonyl (C=O) groups is 2. The molecule has 0 saturated carbocycles. The standard InChI is InChI=1S/C21H17ClFN5O2/c22-16-5-3-6-17(23)15(16)10-27-21(30)13-8-18-20(25-9-13)26-11-19(29)28(18)12-14-4-1-2-7-24-14/h1-9H,10-12H2,(H,25,26)(H,27,30). The van der Waals surface area contributed by atoms with Crippen LogP contribution in [0.2, 0.25) is 5.02 Å². The van der Waals surface area contributed by atoms with Crippen molar-refractivity contribution in [2.75, 3.05) is 16.8 Å². The van der Waals surface area contributed by atoms with E-state index in [9.17, 15) is 14.0 Å². The number of benzene rings is 1. The van der Waals surface area contributed by atoms with Crippen LogP contribution in [0.25, 0.3) is 0 Å². The van der Waals surface area contributed by atoms with Crippen LogP contribution in [0.4, 0.5) is 15.9 Å². The van der Waals surface area contributed by atoms with Crippen molar-refractivity contribution in [2.24, 2.45) is 0 Å². The number of hydrogen-bond donors (Lipinski definition) is 2. The molecule has 0 fully saturated rings. The molecule has 30 heavy (non-hydrogen) atoms. The lowest BCUT2D eigenvalue weighted by Crippen LogP contribution is -2.40. The molecule has 0 aliphatic carbocycles. The molecule has 7 nitrogen and oxygen atoms in total.